The minimum atomic E-state index is -3.48. The lowest BCUT2D eigenvalue weighted by Crippen LogP contribution is -2.16. The van der Waals surface area contributed by atoms with E-state index in [0.717, 1.165) is 16.6 Å². The Kier molecular flexibility index (Phi) is 7.48. The SMILES string of the molecule is CC(C)CCOP(=O)(c1ccc(N(C)C)cc1)C(O)c1ccc(Br)cc1. The molecule has 142 valence electrons. The largest absolute Gasteiger partial charge is 0.378 e. The summed E-state index contributed by atoms with van der Waals surface area (Å²) in [7, 11) is 0.413. The number of aliphatic hydroxyl groups excluding tert-OH is 1. The molecule has 0 aliphatic rings. The van der Waals surface area contributed by atoms with E-state index in [-0.39, 0.29) is 0 Å². The van der Waals surface area contributed by atoms with Gasteiger partial charge in [0.25, 0.3) is 7.37 Å². The second-order valence-corrected chi connectivity index (χ2v) is 10.3. The van der Waals surface area contributed by atoms with Gasteiger partial charge in [-0.3, -0.25) is 4.57 Å². The Bertz CT molecular complexity index is 745. The number of hydrogen-bond donors (Lipinski definition) is 1. The molecule has 2 aromatic carbocycles. The van der Waals surface area contributed by atoms with Crippen molar-refractivity contribution < 1.29 is 14.2 Å². The maximum absolute atomic E-state index is 13.8. The number of benzene rings is 2. The minimum Gasteiger partial charge on any atom is -0.378 e. The van der Waals surface area contributed by atoms with Gasteiger partial charge in [-0.05, 0) is 54.3 Å². The molecule has 6 heteroatoms. The number of rotatable bonds is 8. The highest BCUT2D eigenvalue weighted by molar-refractivity contribution is 9.10. The van der Waals surface area contributed by atoms with Gasteiger partial charge < -0.3 is 14.5 Å². The molecule has 0 spiro atoms. The number of aliphatic hydroxyl groups is 1. The van der Waals surface area contributed by atoms with Crippen LogP contribution in [0.25, 0.3) is 0 Å². The molecule has 2 rings (SSSR count). The van der Waals surface area contributed by atoms with Crippen LogP contribution in [0.4, 0.5) is 5.69 Å². The summed E-state index contributed by atoms with van der Waals surface area (Å²) in [5.74, 6) is -0.766. The monoisotopic (exact) mass is 439 g/mol. The van der Waals surface area contributed by atoms with Gasteiger partial charge in [-0.25, -0.2) is 0 Å². The van der Waals surface area contributed by atoms with E-state index in [4.69, 9.17) is 4.52 Å². The van der Waals surface area contributed by atoms with Gasteiger partial charge in [0.05, 0.1) is 6.61 Å². The lowest BCUT2D eigenvalue weighted by Gasteiger charge is -2.25. The molecule has 0 heterocycles. The Morgan fingerprint density at radius 3 is 2.15 bits per heavy atom. The first-order valence-corrected chi connectivity index (χ1v) is 11.2. The van der Waals surface area contributed by atoms with E-state index in [1.165, 1.54) is 0 Å². The van der Waals surface area contributed by atoms with Gasteiger partial charge in [-0.15, -0.1) is 0 Å². The van der Waals surface area contributed by atoms with E-state index < -0.39 is 13.2 Å². The zero-order valence-electron chi connectivity index (χ0n) is 15.7. The Labute approximate surface area is 164 Å². The van der Waals surface area contributed by atoms with Gasteiger partial charge in [0.15, 0.2) is 5.85 Å². The molecule has 2 aromatic rings. The van der Waals surface area contributed by atoms with Crippen molar-refractivity contribution in [3.63, 3.8) is 0 Å². The van der Waals surface area contributed by atoms with Crippen LogP contribution in [0.3, 0.4) is 0 Å². The van der Waals surface area contributed by atoms with Crippen molar-refractivity contribution in [2.45, 2.75) is 26.1 Å². The summed E-state index contributed by atoms with van der Waals surface area (Å²) >= 11 is 3.38. The van der Waals surface area contributed by atoms with E-state index in [1.54, 1.807) is 24.3 Å². The van der Waals surface area contributed by atoms with Crippen LogP contribution in [-0.2, 0) is 9.09 Å². The molecule has 1 N–H and O–H groups in total. The van der Waals surface area contributed by atoms with Crippen molar-refractivity contribution in [2.75, 3.05) is 25.6 Å². The summed E-state index contributed by atoms with van der Waals surface area (Å²) in [4.78, 5) is 1.97. The fourth-order valence-corrected chi connectivity index (χ4v) is 4.84. The molecule has 0 aliphatic carbocycles. The standard InChI is InChI=1S/C20H27BrNO3P/c1-15(2)13-14-25-26(24,19-11-9-18(10-12-19)22(3)4)20(23)16-5-7-17(21)8-6-16/h5-12,15,20,23H,13-14H2,1-4H3. The van der Waals surface area contributed by atoms with Crippen LogP contribution < -0.4 is 10.2 Å². The molecule has 0 radical (unpaired) electrons. The molecule has 0 aromatic heterocycles. The van der Waals surface area contributed by atoms with Gasteiger partial charge in [0.2, 0.25) is 0 Å². The van der Waals surface area contributed by atoms with Gasteiger partial charge in [0, 0.05) is 29.6 Å². The number of anilines is 1. The van der Waals surface area contributed by atoms with Crippen molar-refractivity contribution in [1.29, 1.82) is 0 Å². The average Bonchev–Trinajstić information content (AvgIpc) is 2.61. The van der Waals surface area contributed by atoms with E-state index in [1.807, 2.05) is 43.3 Å². The van der Waals surface area contributed by atoms with Crippen molar-refractivity contribution in [3.05, 3.63) is 58.6 Å². The first-order valence-electron chi connectivity index (χ1n) is 8.70. The molecular weight excluding hydrogens is 413 g/mol. The predicted octanol–water partition coefficient (Wildman–Crippen LogP) is 5.17. The first kappa shape index (κ1) is 21.2. The van der Waals surface area contributed by atoms with Gasteiger partial charge in [0.1, 0.15) is 0 Å². The highest BCUT2D eigenvalue weighted by Crippen LogP contribution is 2.57. The minimum absolute atomic E-state index is 0.345. The van der Waals surface area contributed by atoms with E-state index in [2.05, 4.69) is 29.8 Å². The second kappa shape index (κ2) is 9.18. The number of hydrogen-bond acceptors (Lipinski definition) is 4. The topological polar surface area (TPSA) is 49.8 Å². The molecule has 26 heavy (non-hydrogen) atoms. The molecule has 0 saturated carbocycles. The molecule has 2 atom stereocenters. The van der Waals surface area contributed by atoms with Crippen LogP contribution in [0.2, 0.25) is 0 Å². The van der Waals surface area contributed by atoms with Crippen LogP contribution in [0.1, 0.15) is 31.7 Å². The summed E-state index contributed by atoms with van der Waals surface area (Å²) in [6.07, 6.45) is 0.785. The summed E-state index contributed by atoms with van der Waals surface area (Å²) in [5, 5.41) is 11.4. The Hall–Kier alpha value is -1.13. The lowest BCUT2D eigenvalue weighted by molar-refractivity contribution is 0.209. The Balaban J connectivity index is 2.37. The van der Waals surface area contributed by atoms with Crippen LogP contribution in [0.15, 0.2) is 53.0 Å². The third-order valence-corrected chi connectivity index (χ3v) is 7.25. The molecule has 0 amide bonds. The predicted molar refractivity (Wildman–Crippen MR) is 113 cm³/mol. The molecule has 0 saturated heterocycles. The third kappa shape index (κ3) is 5.20. The number of halogens is 1. The third-order valence-electron chi connectivity index (χ3n) is 4.19. The summed E-state index contributed by atoms with van der Waals surface area (Å²) in [6, 6.07) is 14.5. The summed E-state index contributed by atoms with van der Waals surface area (Å²) < 4.78 is 20.5. The zero-order chi connectivity index (χ0) is 19.3. The average molecular weight is 440 g/mol. The molecule has 4 nitrogen and oxygen atoms in total. The molecule has 2 unspecified atom stereocenters. The quantitative estimate of drug-likeness (QED) is 0.576. The smallest absolute Gasteiger partial charge is 0.264 e. The van der Waals surface area contributed by atoms with Crippen LogP contribution >= 0.6 is 23.3 Å². The van der Waals surface area contributed by atoms with Crippen molar-refractivity contribution >= 4 is 34.3 Å². The van der Waals surface area contributed by atoms with Crippen molar-refractivity contribution in [1.82, 2.24) is 0 Å². The van der Waals surface area contributed by atoms with Crippen LogP contribution in [0.5, 0.6) is 0 Å². The number of nitrogens with zero attached hydrogens (tertiary/aromatic N) is 1. The van der Waals surface area contributed by atoms with E-state index >= 15 is 0 Å². The van der Waals surface area contributed by atoms with Crippen molar-refractivity contribution in [3.8, 4) is 0 Å². The van der Waals surface area contributed by atoms with Crippen molar-refractivity contribution in [2.24, 2.45) is 5.92 Å². The van der Waals surface area contributed by atoms with E-state index in [0.29, 0.717) is 23.4 Å². The molecule has 0 bridgehead atoms. The molecule has 0 aliphatic heterocycles. The summed E-state index contributed by atoms with van der Waals surface area (Å²) in [5.41, 5.74) is 1.58. The highest BCUT2D eigenvalue weighted by Gasteiger charge is 2.36. The van der Waals surface area contributed by atoms with Crippen LogP contribution in [-0.4, -0.2) is 25.8 Å². The lowest BCUT2D eigenvalue weighted by atomic mass is 10.2. The maximum Gasteiger partial charge on any atom is 0.264 e. The highest BCUT2D eigenvalue weighted by atomic mass is 79.9. The van der Waals surface area contributed by atoms with Gasteiger partial charge >= 0.3 is 0 Å². The first-order chi connectivity index (χ1) is 12.2. The second-order valence-electron chi connectivity index (χ2n) is 6.95. The fraction of sp³-hybridized carbons (Fsp3) is 0.400. The van der Waals surface area contributed by atoms with E-state index in [9.17, 15) is 9.67 Å². The van der Waals surface area contributed by atoms with Gasteiger partial charge in [-0.1, -0.05) is 41.9 Å². The molecule has 0 fully saturated rings. The Morgan fingerprint density at radius 2 is 1.65 bits per heavy atom. The van der Waals surface area contributed by atoms with Crippen LogP contribution in [0, 0.1) is 5.92 Å². The normalized spacial score (nSPS) is 14.9. The molecular formula is C20H27BrNO3P. The van der Waals surface area contributed by atoms with Gasteiger partial charge in [-0.2, -0.15) is 0 Å². The summed E-state index contributed by atoms with van der Waals surface area (Å²) in [6.45, 7) is 4.52. The fourth-order valence-electron chi connectivity index (χ4n) is 2.50. The maximum atomic E-state index is 13.8. The zero-order valence-corrected chi connectivity index (χ0v) is 18.2. The Morgan fingerprint density at radius 1 is 1.08 bits per heavy atom.